The van der Waals surface area contributed by atoms with Gasteiger partial charge in [0, 0.05) is 11.1 Å². The molecule has 0 bridgehead atoms. The van der Waals surface area contributed by atoms with Crippen molar-refractivity contribution in [2.45, 2.75) is 27.3 Å². The molecule has 0 aliphatic heterocycles. The Morgan fingerprint density at radius 3 is 2.33 bits per heavy atom. The molecule has 1 heterocycles. The molecule has 0 unspecified atom stereocenters. The first kappa shape index (κ1) is 21.4. The van der Waals surface area contributed by atoms with E-state index in [9.17, 15) is 14.4 Å². The van der Waals surface area contributed by atoms with Crippen molar-refractivity contribution in [3.63, 3.8) is 0 Å². The molecule has 0 saturated carbocycles. The molecular formula is C22H22N2O5S. The van der Waals surface area contributed by atoms with Crippen LogP contribution in [0, 0.1) is 0 Å². The van der Waals surface area contributed by atoms with Crippen LogP contribution in [0.5, 0.6) is 5.75 Å². The molecule has 0 N–H and O–H groups in total. The number of para-hydroxylation sites is 1. The van der Waals surface area contributed by atoms with E-state index >= 15 is 0 Å². The Kier molecular flexibility index (Phi) is 6.79. The number of thiazole rings is 1. The van der Waals surface area contributed by atoms with Gasteiger partial charge in [-0.15, -0.1) is 0 Å². The second-order valence-electron chi connectivity index (χ2n) is 6.36. The maximum absolute atomic E-state index is 12.7. The number of carbonyl (C=O) groups excluding carboxylic acids is 3. The predicted octanol–water partition coefficient (Wildman–Crippen LogP) is 3.61. The number of nitrogens with zero attached hydrogens (tertiary/aromatic N) is 2. The van der Waals surface area contributed by atoms with Crippen molar-refractivity contribution in [1.29, 1.82) is 0 Å². The second kappa shape index (κ2) is 9.49. The predicted molar refractivity (Wildman–Crippen MR) is 114 cm³/mol. The van der Waals surface area contributed by atoms with Gasteiger partial charge in [0.15, 0.2) is 10.6 Å². The minimum absolute atomic E-state index is 0.0776. The van der Waals surface area contributed by atoms with Crippen LogP contribution in [0.2, 0.25) is 0 Å². The van der Waals surface area contributed by atoms with E-state index in [2.05, 4.69) is 4.99 Å². The SMILES string of the molecule is CCOC(=O)Cn1c(=NC(=O)c2ccc(C(C)=O)cc2)sc2cccc(OCC)c21. The number of carbonyl (C=O) groups is 3. The molecule has 1 amide bonds. The third kappa shape index (κ3) is 4.65. The van der Waals surface area contributed by atoms with Crippen LogP contribution in [0.15, 0.2) is 47.5 Å². The molecule has 0 spiro atoms. The summed E-state index contributed by atoms with van der Waals surface area (Å²) in [5.74, 6) is -0.364. The molecule has 0 fully saturated rings. The van der Waals surface area contributed by atoms with Gasteiger partial charge in [-0.3, -0.25) is 14.4 Å². The van der Waals surface area contributed by atoms with Crippen LogP contribution in [0.4, 0.5) is 0 Å². The monoisotopic (exact) mass is 426 g/mol. The molecular weight excluding hydrogens is 404 g/mol. The van der Waals surface area contributed by atoms with Gasteiger partial charge in [0.1, 0.15) is 17.8 Å². The molecule has 3 rings (SSSR count). The number of ketones is 1. The molecule has 0 aliphatic carbocycles. The fraction of sp³-hybridized carbons (Fsp3) is 0.273. The summed E-state index contributed by atoms with van der Waals surface area (Å²) in [7, 11) is 0. The van der Waals surface area contributed by atoms with Gasteiger partial charge in [0.05, 0.1) is 17.9 Å². The summed E-state index contributed by atoms with van der Waals surface area (Å²) in [6.45, 7) is 5.70. The lowest BCUT2D eigenvalue weighted by Crippen LogP contribution is -2.23. The normalized spacial score (nSPS) is 11.5. The lowest BCUT2D eigenvalue weighted by molar-refractivity contribution is -0.143. The molecule has 156 valence electrons. The van der Waals surface area contributed by atoms with Crippen molar-refractivity contribution in [1.82, 2.24) is 4.57 Å². The van der Waals surface area contributed by atoms with Gasteiger partial charge in [-0.05, 0) is 45.0 Å². The first-order chi connectivity index (χ1) is 14.4. The maximum Gasteiger partial charge on any atom is 0.326 e. The second-order valence-corrected chi connectivity index (χ2v) is 7.37. The number of aromatic nitrogens is 1. The Bertz CT molecular complexity index is 1160. The van der Waals surface area contributed by atoms with Crippen LogP contribution in [0.1, 0.15) is 41.5 Å². The van der Waals surface area contributed by atoms with Gasteiger partial charge in [-0.2, -0.15) is 4.99 Å². The summed E-state index contributed by atoms with van der Waals surface area (Å²) in [5, 5.41) is 0. The first-order valence-electron chi connectivity index (χ1n) is 9.55. The number of benzene rings is 2. The number of Topliss-reactive ketones (excluding diaryl/α,β-unsaturated/α-hetero) is 1. The van der Waals surface area contributed by atoms with Crippen LogP contribution in [-0.4, -0.2) is 35.4 Å². The number of ether oxygens (including phenoxy) is 2. The minimum Gasteiger partial charge on any atom is -0.492 e. The number of esters is 1. The zero-order valence-electron chi connectivity index (χ0n) is 17.0. The number of fused-ring (bicyclic) bond motifs is 1. The van der Waals surface area contributed by atoms with E-state index in [-0.39, 0.29) is 18.9 Å². The van der Waals surface area contributed by atoms with Crippen LogP contribution >= 0.6 is 11.3 Å². The molecule has 30 heavy (non-hydrogen) atoms. The Labute approximate surface area is 177 Å². The van der Waals surface area contributed by atoms with Crippen LogP contribution in [-0.2, 0) is 16.1 Å². The summed E-state index contributed by atoms with van der Waals surface area (Å²) in [4.78, 5) is 41.0. The maximum atomic E-state index is 12.7. The number of hydrogen-bond acceptors (Lipinski definition) is 6. The number of rotatable bonds is 7. The van der Waals surface area contributed by atoms with Crippen molar-refractivity contribution in [3.05, 3.63) is 58.4 Å². The molecule has 3 aromatic rings. The largest absolute Gasteiger partial charge is 0.492 e. The highest BCUT2D eigenvalue weighted by molar-refractivity contribution is 7.16. The zero-order chi connectivity index (χ0) is 21.7. The quantitative estimate of drug-likeness (QED) is 0.425. The summed E-state index contributed by atoms with van der Waals surface area (Å²) >= 11 is 1.29. The van der Waals surface area contributed by atoms with Crippen LogP contribution < -0.4 is 9.54 Å². The minimum atomic E-state index is -0.466. The highest BCUT2D eigenvalue weighted by Gasteiger charge is 2.16. The molecule has 0 saturated heterocycles. The van der Waals surface area contributed by atoms with Crippen molar-refractivity contribution in [2.75, 3.05) is 13.2 Å². The van der Waals surface area contributed by atoms with E-state index in [0.29, 0.717) is 33.8 Å². The third-order valence-corrected chi connectivity index (χ3v) is 5.34. The van der Waals surface area contributed by atoms with E-state index in [4.69, 9.17) is 9.47 Å². The fourth-order valence-corrected chi connectivity index (χ4v) is 3.98. The molecule has 0 atom stereocenters. The topological polar surface area (TPSA) is 87.0 Å². The average molecular weight is 426 g/mol. The Balaban J connectivity index is 2.11. The summed E-state index contributed by atoms with van der Waals surface area (Å²) in [5.41, 5.74) is 1.56. The summed E-state index contributed by atoms with van der Waals surface area (Å²) < 4.78 is 13.3. The van der Waals surface area contributed by atoms with Gasteiger partial charge in [0.25, 0.3) is 5.91 Å². The van der Waals surface area contributed by atoms with E-state index in [1.807, 2.05) is 25.1 Å². The van der Waals surface area contributed by atoms with Crippen molar-refractivity contribution in [3.8, 4) is 5.75 Å². The highest BCUT2D eigenvalue weighted by Crippen LogP contribution is 2.27. The lowest BCUT2D eigenvalue weighted by Gasteiger charge is -2.09. The smallest absolute Gasteiger partial charge is 0.326 e. The van der Waals surface area contributed by atoms with Gasteiger partial charge in [0.2, 0.25) is 0 Å². The molecule has 2 aromatic carbocycles. The fourth-order valence-electron chi connectivity index (χ4n) is 2.94. The first-order valence-corrected chi connectivity index (χ1v) is 10.4. The summed E-state index contributed by atoms with van der Waals surface area (Å²) in [6, 6.07) is 11.9. The molecule has 7 nitrogen and oxygen atoms in total. The van der Waals surface area contributed by atoms with Crippen molar-refractivity contribution < 1.29 is 23.9 Å². The highest BCUT2D eigenvalue weighted by atomic mass is 32.1. The number of amides is 1. The third-order valence-electron chi connectivity index (χ3n) is 4.29. The molecule has 0 aliphatic rings. The summed E-state index contributed by atoms with van der Waals surface area (Å²) in [6.07, 6.45) is 0. The van der Waals surface area contributed by atoms with Crippen molar-refractivity contribution >= 4 is 39.2 Å². The lowest BCUT2D eigenvalue weighted by atomic mass is 10.1. The van der Waals surface area contributed by atoms with Gasteiger partial charge in [-0.25, -0.2) is 0 Å². The van der Waals surface area contributed by atoms with Crippen molar-refractivity contribution in [2.24, 2.45) is 4.99 Å². The van der Waals surface area contributed by atoms with Gasteiger partial charge >= 0.3 is 5.97 Å². The Morgan fingerprint density at radius 2 is 1.70 bits per heavy atom. The number of hydrogen-bond donors (Lipinski definition) is 0. The zero-order valence-corrected chi connectivity index (χ0v) is 17.8. The molecule has 1 aromatic heterocycles. The average Bonchev–Trinajstić information content (AvgIpc) is 3.06. The van der Waals surface area contributed by atoms with E-state index in [0.717, 1.165) is 4.70 Å². The van der Waals surface area contributed by atoms with Crippen LogP contribution in [0.3, 0.4) is 0 Å². The van der Waals surface area contributed by atoms with Gasteiger partial charge in [-0.1, -0.05) is 29.5 Å². The van der Waals surface area contributed by atoms with E-state index in [1.54, 1.807) is 35.8 Å². The molecule has 8 heteroatoms. The van der Waals surface area contributed by atoms with Crippen LogP contribution in [0.25, 0.3) is 10.2 Å². The van der Waals surface area contributed by atoms with E-state index in [1.165, 1.54) is 18.3 Å². The standard InChI is InChI=1S/C22H22N2O5S/c1-4-28-17-7-6-8-18-20(17)24(13-19(26)29-5-2)22(30-18)23-21(27)16-11-9-15(10-12-16)14(3)25/h6-12H,4-5,13H2,1-3H3. The van der Waals surface area contributed by atoms with E-state index < -0.39 is 11.9 Å². The Morgan fingerprint density at radius 1 is 1.00 bits per heavy atom. The molecule has 0 radical (unpaired) electrons. The Hall–Kier alpha value is -3.26. The van der Waals surface area contributed by atoms with Gasteiger partial charge < -0.3 is 14.0 Å².